The Balaban J connectivity index is 1.64. The zero-order valence-electron chi connectivity index (χ0n) is 17.6. The second-order valence-corrected chi connectivity index (χ2v) is 8.77. The van der Waals surface area contributed by atoms with Crippen LogP contribution in [0.2, 0.25) is 0 Å². The fraction of sp³-hybridized carbons (Fsp3) is 0.304. The lowest BCUT2D eigenvalue weighted by atomic mass is 10.1. The van der Waals surface area contributed by atoms with Crippen LogP contribution < -0.4 is 5.32 Å². The molecule has 0 fully saturated rings. The number of nitrogens with zero attached hydrogens (tertiary/aromatic N) is 3. The fourth-order valence-corrected chi connectivity index (χ4v) is 3.74. The van der Waals surface area contributed by atoms with Gasteiger partial charge in [0.05, 0.1) is 5.25 Å². The van der Waals surface area contributed by atoms with Gasteiger partial charge in [-0.15, -0.1) is 10.2 Å². The van der Waals surface area contributed by atoms with Crippen molar-refractivity contribution in [3.8, 4) is 0 Å². The molecule has 7 heteroatoms. The van der Waals surface area contributed by atoms with Gasteiger partial charge in [0, 0.05) is 30.6 Å². The number of rotatable bonds is 8. The quantitative estimate of drug-likeness (QED) is 0.431. The molecular formula is C23H26N4O2S. The molecule has 0 radical (unpaired) electrons. The number of hydrogen-bond acceptors (Lipinski definition) is 5. The molecule has 0 aliphatic heterocycles. The molecule has 1 N–H and O–H groups in total. The number of nitrogens with one attached hydrogen (secondary N) is 1. The minimum absolute atomic E-state index is 0.00865. The molecule has 0 spiro atoms. The van der Waals surface area contributed by atoms with E-state index in [1.54, 1.807) is 24.3 Å². The summed E-state index contributed by atoms with van der Waals surface area (Å²) in [7, 11) is 1.92. The number of anilines is 1. The van der Waals surface area contributed by atoms with E-state index in [4.69, 9.17) is 0 Å². The van der Waals surface area contributed by atoms with Gasteiger partial charge in [-0.1, -0.05) is 55.9 Å². The van der Waals surface area contributed by atoms with Crippen molar-refractivity contribution in [2.24, 2.45) is 13.0 Å². The first-order valence-electron chi connectivity index (χ1n) is 9.89. The van der Waals surface area contributed by atoms with Crippen molar-refractivity contribution in [1.29, 1.82) is 0 Å². The molecule has 1 aromatic heterocycles. The normalized spacial score (nSPS) is 12.0. The van der Waals surface area contributed by atoms with Crippen LogP contribution in [0.4, 0.5) is 5.69 Å². The highest BCUT2D eigenvalue weighted by atomic mass is 32.2. The molecule has 1 heterocycles. The van der Waals surface area contributed by atoms with Crippen LogP contribution in [0.15, 0.2) is 59.8 Å². The van der Waals surface area contributed by atoms with Gasteiger partial charge < -0.3 is 9.88 Å². The average molecular weight is 423 g/mol. The van der Waals surface area contributed by atoms with E-state index in [0.29, 0.717) is 22.8 Å². The summed E-state index contributed by atoms with van der Waals surface area (Å²) in [5.74, 6) is 0.718. The largest absolute Gasteiger partial charge is 0.326 e. The van der Waals surface area contributed by atoms with E-state index in [-0.39, 0.29) is 22.9 Å². The van der Waals surface area contributed by atoms with E-state index in [0.717, 1.165) is 5.82 Å². The molecule has 2 aromatic carbocycles. The van der Waals surface area contributed by atoms with E-state index in [1.807, 2.05) is 50.6 Å². The van der Waals surface area contributed by atoms with Gasteiger partial charge in [-0.2, -0.15) is 0 Å². The lowest BCUT2D eigenvalue weighted by molar-refractivity contribution is -0.118. The molecule has 156 valence electrons. The SMILES string of the molecule is CC(C)C(=O)Nc1ccc(C(=O)[C@H](C)Sc2nnc(Cc3ccccc3)n2C)cc1. The zero-order chi connectivity index (χ0) is 21.7. The number of amides is 1. The topological polar surface area (TPSA) is 76.9 Å². The first-order valence-corrected chi connectivity index (χ1v) is 10.8. The maximum atomic E-state index is 12.8. The van der Waals surface area contributed by atoms with Crippen molar-refractivity contribution >= 4 is 29.1 Å². The number of carbonyl (C=O) groups is 2. The molecule has 0 bridgehead atoms. The first kappa shape index (κ1) is 21.8. The van der Waals surface area contributed by atoms with Crippen molar-refractivity contribution in [2.45, 2.75) is 37.6 Å². The van der Waals surface area contributed by atoms with Crippen molar-refractivity contribution in [3.63, 3.8) is 0 Å². The molecule has 6 nitrogen and oxygen atoms in total. The van der Waals surface area contributed by atoms with Crippen LogP contribution in [0.1, 0.15) is 42.5 Å². The molecular weight excluding hydrogens is 396 g/mol. The van der Waals surface area contributed by atoms with Crippen LogP contribution in [-0.2, 0) is 18.3 Å². The lowest BCUT2D eigenvalue weighted by Crippen LogP contribution is -2.18. The monoisotopic (exact) mass is 422 g/mol. The van der Waals surface area contributed by atoms with Gasteiger partial charge in [0.1, 0.15) is 5.82 Å². The first-order chi connectivity index (χ1) is 14.3. The van der Waals surface area contributed by atoms with Crippen LogP contribution in [0.5, 0.6) is 0 Å². The highest BCUT2D eigenvalue weighted by Gasteiger charge is 2.20. The summed E-state index contributed by atoms with van der Waals surface area (Å²) in [6.45, 7) is 5.54. The molecule has 1 atom stereocenters. The molecule has 0 saturated carbocycles. The Hall–Kier alpha value is -2.93. The van der Waals surface area contributed by atoms with Gasteiger partial charge >= 0.3 is 0 Å². The summed E-state index contributed by atoms with van der Waals surface area (Å²) < 4.78 is 1.94. The van der Waals surface area contributed by atoms with E-state index in [1.165, 1.54) is 17.3 Å². The third kappa shape index (κ3) is 5.36. The Morgan fingerprint density at radius 2 is 1.67 bits per heavy atom. The van der Waals surface area contributed by atoms with Gasteiger partial charge in [0.15, 0.2) is 10.9 Å². The molecule has 0 saturated heterocycles. The van der Waals surface area contributed by atoms with Crippen LogP contribution >= 0.6 is 11.8 Å². The Kier molecular flexibility index (Phi) is 7.05. The average Bonchev–Trinajstić information content (AvgIpc) is 3.08. The fourth-order valence-electron chi connectivity index (χ4n) is 2.83. The maximum absolute atomic E-state index is 12.8. The smallest absolute Gasteiger partial charge is 0.226 e. The Labute approximate surface area is 181 Å². The molecule has 0 aliphatic carbocycles. The van der Waals surface area contributed by atoms with Crippen LogP contribution in [0, 0.1) is 5.92 Å². The van der Waals surface area contributed by atoms with E-state index in [2.05, 4.69) is 27.6 Å². The lowest BCUT2D eigenvalue weighted by Gasteiger charge is -2.11. The highest BCUT2D eigenvalue weighted by molar-refractivity contribution is 8.00. The molecule has 0 unspecified atom stereocenters. The summed E-state index contributed by atoms with van der Waals surface area (Å²) in [6, 6.07) is 17.1. The standard InChI is InChI=1S/C23H26N4O2S/c1-15(2)22(29)24-19-12-10-18(11-13-19)21(28)16(3)30-23-26-25-20(27(23)4)14-17-8-6-5-7-9-17/h5-13,15-16H,14H2,1-4H3,(H,24,29)/t16-/m0/s1. The third-order valence-electron chi connectivity index (χ3n) is 4.74. The number of hydrogen-bond donors (Lipinski definition) is 1. The second kappa shape index (κ2) is 9.71. The van der Waals surface area contributed by atoms with Crippen molar-refractivity contribution in [2.75, 3.05) is 5.32 Å². The molecule has 3 rings (SSSR count). The van der Waals surface area contributed by atoms with Crippen LogP contribution in [-0.4, -0.2) is 31.7 Å². The van der Waals surface area contributed by atoms with Crippen molar-refractivity contribution < 1.29 is 9.59 Å². The number of benzene rings is 2. The van der Waals surface area contributed by atoms with Gasteiger partial charge in [-0.05, 0) is 36.8 Å². The Morgan fingerprint density at radius 3 is 2.30 bits per heavy atom. The van der Waals surface area contributed by atoms with Gasteiger partial charge in [0.25, 0.3) is 0 Å². The van der Waals surface area contributed by atoms with Gasteiger partial charge in [0.2, 0.25) is 5.91 Å². The summed E-state index contributed by atoms with van der Waals surface area (Å²) in [4.78, 5) is 24.6. The zero-order valence-corrected chi connectivity index (χ0v) is 18.4. The summed E-state index contributed by atoms with van der Waals surface area (Å²) in [6.07, 6.45) is 0.691. The molecule has 0 aliphatic rings. The molecule has 3 aromatic rings. The predicted molar refractivity (Wildman–Crippen MR) is 120 cm³/mol. The number of thioether (sulfide) groups is 1. The number of Topliss-reactive ketones (excluding diaryl/α,β-unsaturated/α-hetero) is 1. The molecule has 30 heavy (non-hydrogen) atoms. The predicted octanol–water partition coefficient (Wildman–Crippen LogP) is 4.36. The Morgan fingerprint density at radius 1 is 1.00 bits per heavy atom. The maximum Gasteiger partial charge on any atom is 0.226 e. The third-order valence-corrected chi connectivity index (χ3v) is 5.88. The van der Waals surface area contributed by atoms with Gasteiger partial charge in [-0.3, -0.25) is 9.59 Å². The number of ketones is 1. The van der Waals surface area contributed by atoms with Crippen molar-refractivity contribution in [3.05, 3.63) is 71.5 Å². The number of carbonyl (C=O) groups excluding carboxylic acids is 2. The van der Waals surface area contributed by atoms with Gasteiger partial charge in [-0.25, -0.2) is 0 Å². The van der Waals surface area contributed by atoms with Crippen LogP contribution in [0.25, 0.3) is 0 Å². The van der Waals surface area contributed by atoms with Crippen LogP contribution in [0.3, 0.4) is 0 Å². The van der Waals surface area contributed by atoms with E-state index >= 15 is 0 Å². The second-order valence-electron chi connectivity index (χ2n) is 7.47. The highest BCUT2D eigenvalue weighted by Crippen LogP contribution is 2.25. The summed E-state index contributed by atoms with van der Waals surface area (Å²) >= 11 is 1.39. The summed E-state index contributed by atoms with van der Waals surface area (Å²) in [5.41, 5.74) is 2.45. The van der Waals surface area contributed by atoms with E-state index in [9.17, 15) is 9.59 Å². The minimum Gasteiger partial charge on any atom is -0.326 e. The van der Waals surface area contributed by atoms with Crippen molar-refractivity contribution in [1.82, 2.24) is 14.8 Å². The minimum atomic E-state index is -0.311. The van der Waals surface area contributed by atoms with E-state index < -0.39 is 0 Å². The summed E-state index contributed by atoms with van der Waals surface area (Å²) in [5, 5.41) is 11.8. The molecule has 1 amide bonds. The number of aromatic nitrogens is 3. The Bertz CT molecular complexity index is 1010.